The van der Waals surface area contributed by atoms with Crippen LogP contribution in [0.2, 0.25) is 0 Å². The third-order valence-corrected chi connectivity index (χ3v) is 3.17. The van der Waals surface area contributed by atoms with Crippen LogP contribution in [0.15, 0.2) is 0 Å². The molecule has 1 aliphatic heterocycles. The topological polar surface area (TPSA) is 63.4 Å². The molecule has 0 bridgehead atoms. The van der Waals surface area contributed by atoms with Crippen molar-refractivity contribution in [1.29, 1.82) is 0 Å². The van der Waals surface area contributed by atoms with Gasteiger partial charge < -0.3 is 10.6 Å². The van der Waals surface area contributed by atoms with E-state index in [4.69, 9.17) is 5.73 Å². The van der Waals surface area contributed by atoms with Gasteiger partial charge in [-0.15, -0.1) is 0 Å². The first-order valence-electron chi connectivity index (χ1n) is 5.58. The number of amides is 2. The molecule has 1 heterocycles. The summed E-state index contributed by atoms with van der Waals surface area (Å²) in [5, 5.41) is 0. The maximum atomic E-state index is 13.9. The normalized spacial score (nSPS) is 19.7. The first-order valence-corrected chi connectivity index (χ1v) is 5.58. The number of halogens is 1. The summed E-state index contributed by atoms with van der Waals surface area (Å²) in [6.07, 6.45) is 0.465. The van der Waals surface area contributed by atoms with E-state index in [1.807, 2.05) is 0 Å². The van der Waals surface area contributed by atoms with E-state index >= 15 is 0 Å². The number of alkyl halides is 1. The Labute approximate surface area is 95.0 Å². The molecule has 0 spiro atoms. The fourth-order valence-corrected chi connectivity index (χ4v) is 2.01. The highest BCUT2D eigenvalue weighted by atomic mass is 19.1. The monoisotopic (exact) mass is 230 g/mol. The molecule has 1 rings (SSSR count). The second-order valence-electron chi connectivity index (χ2n) is 4.79. The van der Waals surface area contributed by atoms with E-state index in [1.54, 1.807) is 13.8 Å². The van der Waals surface area contributed by atoms with Crippen molar-refractivity contribution in [3.63, 3.8) is 0 Å². The van der Waals surface area contributed by atoms with E-state index in [-0.39, 0.29) is 12.3 Å². The number of carbonyl (C=O) groups is 2. The van der Waals surface area contributed by atoms with E-state index in [0.717, 1.165) is 12.8 Å². The first kappa shape index (κ1) is 12.9. The van der Waals surface area contributed by atoms with Crippen molar-refractivity contribution in [3.8, 4) is 0 Å². The molecule has 1 unspecified atom stereocenters. The first-order chi connectivity index (χ1) is 7.35. The molecule has 1 saturated heterocycles. The number of carbonyl (C=O) groups excluding carboxylic acids is 2. The number of rotatable bonds is 4. The van der Waals surface area contributed by atoms with Crippen LogP contribution in [-0.4, -0.2) is 35.0 Å². The lowest BCUT2D eigenvalue weighted by Crippen LogP contribution is -2.55. The molecule has 4 nitrogen and oxygen atoms in total. The van der Waals surface area contributed by atoms with Crippen molar-refractivity contribution in [1.82, 2.24) is 4.90 Å². The molecule has 5 heteroatoms. The maximum absolute atomic E-state index is 13.9. The fraction of sp³-hybridized carbons (Fsp3) is 0.818. The van der Waals surface area contributed by atoms with Crippen LogP contribution in [0.5, 0.6) is 0 Å². The van der Waals surface area contributed by atoms with Gasteiger partial charge in [0, 0.05) is 13.0 Å². The van der Waals surface area contributed by atoms with Crippen LogP contribution in [0.3, 0.4) is 0 Å². The molecule has 0 aromatic rings. The van der Waals surface area contributed by atoms with Gasteiger partial charge in [0.05, 0.1) is 12.0 Å². The fourth-order valence-electron chi connectivity index (χ4n) is 2.01. The second-order valence-corrected chi connectivity index (χ2v) is 4.79. The van der Waals surface area contributed by atoms with Crippen LogP contribution in [-0.2, 0) is 9.59 Å². The highest BCUT2D eigenvalue weighted by Gasteiger charge is 2.39. The molecular formula is C11H19FN2O2. The van der Waals surface area contributed by atoms with Gasteiger partial charge in [-0.25, -0.2) is 4.39 Å². The Morgan fingerprint density at radius 2 is 2.19 bits per heavy atom. The second kappa shape index (κ2) is 4.80. The van der Waals surface area contributed by atoms with Gasteiger partial charge in [-0.3, -0.25) is 9.59 Å². The smallest absolute Gasteiger partial charge is 0.223 e. The van der Waals surface area contributed by atoms with Crippen LogP contribution in [0, 0.1) is 0 Å². The lowest BCUT2D eigenvalue weighted by Gasteiger charge is -2.42. The summed E-state index contributed by atoms with van der Waals surface area (Å²) in [6, 6.07) is 0. The molecule has 2 amide bonds. The lowest BCUT2D eigenvalue weighted by molar-refractivity contribution is -0.143. The summed E-state index contributed by atoms with van der Waals surface area (Å²) in [4.78, 5) is 23.9. The molecule has 1 fully saturated rings. The zero-order valence-corrected chi connectivity index (χ0v) is 9.83. The zero-order chi connectivity index (χ0) is 12.3. The van der Waals surface area contributed by atoms with Gasteiger partial charge in [-0.2, -0.15) is 0 Å². The average Bonchev–Trinajstić information content (AvgIpc) is 2.16. The number of nitrogens with two attached hydrogens (primary N) is 1. The zero-order valence-electron chi connectivity index (χ0n) is 9.83. The van der Waals surface area contributed by atoms with Crippen molar-refractivity contribution in [2.24, 2.45) is 5.73 Å². The van der Waals surface area contributed by atoms with Crippen molar-refractivity contribution in [2.75, 3.05) is 6.54 Å². The number of hydrogen-bond donors (Lipinski definition) is 1. The summed E-state index contributed by atoms with van der Waals surface area (Å²) in [6.45, 7) is 3.85. The minimum Gasteiger partial charge on any atom is -0.370 e. The average molecular weight is 230 g/mol. The lowest BCUT2D eigenvalue weighted by atomic mass is 9.91. The minimum atomic E-state index is -1.41. The molecule has 16 heavy (non-hydrogen) atoms. The predicted octanol–water partition coefficient (Wildman–Crippen LogP) is 0.991. The highest BCUT2D eigenvalue weighted by molar-refractivity contribution is 5.78. The Morgan fingerprint density at radius 1 is 1.56 bits per heavy atom. The number of hydrogen-bond acceptors (Lipinski definition) is 2. The van der Waals surface area contributed by atoms with Crippen molar-refractivity contribution in [2.45, 2.75) is 51.2 Å². The summed E-state index contributed by atoms with van der Waals surface area (Å²) in [5.41, 5.74) is 4.02. The quantitative estimate of drug-likeness (QED) is 0.782. The number of nitrogens with zero attached hydrogens (tertiary/aromatic N) is 1. The molecule has 0 aliphatic carbocycles. The summed E-state index contributed by atoms with van der Waals surface area (Å²) >= 11 is 0. The largest absolute Gasteiger partial charge is 0.370 e. The highest BCUT2D eigenvalue weighted by Crippen LogP contribution is 2.28. The Morgan fingerprint density at radius 3 is 2.69 bits per heavy atom. The van der Waals surface area contributed by atoms with E-state index in [1.165, 1.54) is 4.90 Å². The van der Waals surface area contributed by atoms with Crippen molar-refractivity contribution < 1.29 is 14.0 Å². The minimum absolute atomic E-state index is 0.0385. The van der Waals surface area contributed by atoms with Gasteiger partial charge in [-0.1, -0.05) is 0 Å². The molecule has 0 aromatic heterocycles. The number of likely N-dealkylation sites (tertiary alicyclic amines) is 1. The van der Waals surface area contributed by atoms with Gasteiger partial charge in [0.2, 0.25) is 11.8 Å². The van der Waals surface area contributed by atoms with Gasteiger partial charge in [-0.05, 0) is 26.7 Å². The van der Waals surface area contributed by atoms with E-state index in [0.29, 0.717) is 13.0 Å². The molecule has 0 saturated carbocycles. The summed E-state index contributed by atoms with van der Waals surface area (Å²) in [7, 11) is 0. The number of piperidine rings is 1. The van der Waals surface area contributed by atoms with Crippen LogP contribution in [0.25, 0.3) is 0 Å². The SMILES string of the molecule is CC(C)(C(F)CC(N)=O)N1CCCCC1=O. The molecule has 1 atom stereocenters. The predicted molar refractivity (Wildman–Crippen MR) is 58.4 cm³/mol. The van der Waals surface area contributed by atoms with Crippen LogP contribution >= 0.6 is 0 Å². The van der Waals surface area contributed by atoms with Gasteiger partial charge >= 0.3 is 0 Å². The van der Waals surface area contributed by atoms with E-state index in [9.17, 15) is 14.0 Å². The van der Waals surface area contributed by atoms with Gasteiger partial charge in [0.15, 0.2) is 0 Å². The maximum Gasteiger partial charge on any atom is 0.223 e. The summed E-state index contributed by atoms with van der Waals surface area (Å²) < 4.78 is 13.9. The number of primary amides is 1. The molecule has 2 N–H and O–H groups in total. The summed E-state index contributed by atoms with van der Waals surface area (Å²) in [5.74, 6) is -0.714. The van der Waals surface area contributed by atoms with Gasteiger partial charge in [0.25, 0.3) is 0 Å². The standard InChI is InChI=1S/C11H19FN2O2/c1-11(2,8(12)7-9(13)15)14-6-4-3-5-10(14)16/h8H,3-7H2,1-2H3,(H2,13,15). The van der Waals surface area contributed by atoms with Crippen LogP contribution < -0.4 is 5.73 Å². The van der Waals surface area contributed by atoms with Crippen molar-refractivity contribution in [3.05, 3.63) is 0 Å². The van der Waals surface area contributed by atoms with Crippen LogP contribution in [0.1, 0.15) is 39.5 Å². The van der Waals surface area contributed by atoms with E-state index < -0.39 is 17.6 Å². The third-order valence-electron chi connectivity index (χ3n) is 3.17. The van der Waals surface area contributed by atoms with E-state index in [2.05, 4.69) is 0 Å². The Bertz CT molecular complexity index is 292. The molecule has 1 aliphatic rings. The molecular weight excluding hydrogens is 211 g/mol. The molecule has 0 radical (unpaired) electrons. The molecule has 92 valence electrons. The molecule has 0 aromatic carbocycles. The third kappa shape index (κ3) is 2.71. The van der Waals surface area contributed by atoms with Crippen molar-refractivity contribution >= 4 is 11.8 Å². The Hall–Kier alpha value is -1.13. The van der Waals surface area contributed by atoms with Crippen LogP contribution in [0.4, 0.5) is 4.39 Å². The Kier molecular flexibility index (Phi) is 3.88. The van der Waals surface area contributed by atoms with Gasteiger partial charge in [0.1, 0.15) is 6.17 Å². The Balaban J connectivity index is 2.73.